The van der Waals surface area contributed by atoms with E-state index in [0.717, 1.165) is 0 Å². The topological polar surface area (TPSA) is 99.4 Å². The molecule has 4 unspecified atom stereocenters. The van der Waals surface area contributed by atoms with Crippen LogP contribution in [0.5, 0.6) is 0 Å². The normalized spacial score (nSPS) is 49.3. The van der Waals surface area contributed by atoms with Crippen LogP contribution in [0.4, 0.5) is 0 Å². The highest BCUT2D eigenvalue weighted by molar-refractivity contribution is 4.99. The van der Waals surface area contributed by atoms with Gasteiger partial charge >= 0.3 is 0 Å². The summed E-state index contributed by atoms with van der Waals surface area (Å²) in [6.07, 6.45) is -7.11. The summed E-state index contributed by atoms with van der Waals surface area (Å²) in [5.41, 5.74) is 0. The van der Waals surface area contributed by atoms with Gasteiger partial charge in [-0.3, -0.25) is 0 Å². The van der Waals surface area contributed by atoms with E-state index < -0.39 is 36.6 Å². The van der Waals surface area contributed by atoms with E-state index in [0.29, 0.717) is 0 Å². The first-order valence-corrected chi connectivity index (χ1v) is 4.32. The highest BCUT2D eigenvalue weighted by Gasteiger charge is 2.49. The molecule has 0 aromatic rings. The van der Waals surface area contributed by atoms with Crippen LogP contribution in [0.25, 0.3) is 0 Å². The van der Waals surface area contributed by atoms with Crippen molar-refractivity contribution in [2.24, 2.45) is 0 Å². The fraction of sp³-hybridized carbons (Fsp3) is 1.00. The average Bonchev–Trinajstić information content (AvgIpc) is 2.17. The smallest absolute Gasteiger partial charge is 0.114 e. The zero-order valence-electron chi connectivity index (χ0n) is 8.07. The molecule has 0 aromatic heterocycles. The fourth-order valence-electron chi connectivity index (χ4n) is 1.74. The Morgan fingerprint density at radius 2 is 0.857 bits per heavy atom. The van der Waals surface area contributed by atoms with Crippen molar-refractivity contribution >= 4 is 0 Å². The van der Waals surface area contributed by atoms with Crippen LogP contribution in [0.2, 0.25) is 0 Å². The third-order valence-electron chi connectivity index (χ3n) is 2.59. The molecule has 1 saturated carbocycles. The molecule has 0 spiro atoms. The largest absolute Gasteiger partial charge is 0.387 e. The van der Waals surface area contributed by atoms with E-state index >= 15 is 0 Å². The molecule has 0 saturated heterocycles. The predicted molar refractivity (Wildman–Crippen MR) is 45.6 cm³/mol. The predicted octanol–water partition coefficient (Wildman–Crippen LogP) is -2.53. The zero-order chi connectivity index (χ0) is 10.9. The van der Waals surface area contributed by atoms with Crippen LogP contribution in [0.15, 0.2) is 0 Å². The van der Waals surface area contributed by atoms with Crippen molar-refractivity contribution in [3.05, 3.63) is 0 Å². The maximum absolute atomic E-state index is 9.50. The molecule has 4 N–H and O–H groups in total. The third-order valence-corrected chi connectivity index (χ3v) is 2.59. The zero-order valence-corrected chi connectivity index (χ0v) is 8.07. The lowest BCUT2D eigenvalue weighted by Gasteiger charge is -2.42. The Bertz CT molecular complexity index is 151. The average molecular weight is 208 g/mol. The minimum Gasteiger partial charge on any atom is -0.387 e. The fourth-order valence-corrected chi connectivity index (χ4v) is 1.74. The van der Waals surface area contributed by atoms with Crippen molar-refractivity contribution in [2.75, 3.05) is 14.2 Å². The van der Waals surface area contributed by atoms with Gasteiger partial charge < -0.3 is 29.9 Å². The minimum absolute atomic E-state index is 1.01. The Morgan fingerprint density at radius 1 is 0.643 bits per heavy atom. The van der Waals surface area contributed by atoms with Crippen molar-refractivity contribution in [3.63, 3.8) is 0 Å². The summed E-state index contributed by atoms with van der Waals surface area (Å²) in [6.45, 7) is 0. The first kappa shape index (κ1) is 11.8. The lowest BCUT2D eigenvalue weighted by Crippen LogP contribution is -2.64. The van der Waals surface area contributed by atoms with Crippen LogP contribution >= 0.6 is 0 Å². The summed E-state index contributed by atoms with van der Waals surface area (Å²) in [5, 5.41) is 38.0. The number of aliphatic hydroxyl groups excluding tert-OH is 4. The van der Waals surface area contributed by atoms with Crippen LogP contribution < -0.4 is 0 Å². The Labute approximate surface area is 81.7 Å². The summed E-state index contributed by atoms with van der Waals surface area (Å²) in [4.78, 5) is 0. The quantitative estimate of drug-likeness (QED) is 0.399. The molecule has 0 aliphatic heterocycles. The first-order valence-electron chi connectivity index (χ1n) is 4.32. The van der Waals surface area contributed by atoms with Crippen LogP contribution in [-0.2, 0) is 9.47 Å². The molecule has 1 rings (SSSR count). The molecule has 84 valence electrons. The van der Waals surface area contributed by atoms with Gasteiger partial charge in [0.05, 0.1) is 0 Å². The van der Waals surface area contributed by atoms with E-state index in [4.69, 9.17) is 9.47 Å². The standard InChI is InChI=1S/C8H16O6/c1-13-7-3(9)5(11)8(14-2)6(12)4(7)10/h3-12H,1-2H3. The molecule has 1 aliphatic rings. The van der Waals surface area contributed by atoms with Gasteiger partial charge in [0, 0.05) is 14.2 Å². The van der Waals surface area contributed by atoms with Gasteiger partial charge in [-0.1, -0.05) is 0 Å². The maximum Gasteiger partial charge on any atom is 0.114 e. The molecule has 1 fully saturated rings. The monoisotopic (exact) mass is 208 g/mol. The van der Waals surface area contributed by atoms with Crippen LogP contribution in [0, 0.1) is 0 Å². The molecule has 4 atom stereocenters. The van der Waals surface area contributed by atoms with E-state index in [9.17, 15) is 20.4 Å². The molecule has 6 heteroatoms. The lowest BCUT2D eigenvalue weighted by molar-refractivity contribution is -0.235. The Morgan fingerprint density at radius 3 is 1.00 bits per heavy atom. The molecule has 0 amide bonds. The molecular formula is C8H16O6. The maximum atomic E-state index is 9.50. The SMILES string of the molecule is COC1C(O)C(O)C(OC)C(O)C1O. The second kappa shape index (κ2) is 4.52. The number of ether oxygens (including phenoxy) is 2. The third kappa shape index (κ3) is 1.77. The molecule has 0 radical (unpaired) electrons. The van der Waals surface area contributed by atoms with E-state index in [2.05, 4.69) is 0 Å². The molecule has 6 nitrogen and oxygen atoms in total. The van der Waals surface area contributed by atoms with Gasteiger partial charge in [-0.15, -0.1) is 0 Å². The molecule has 1 aliphatic carbocycles. The summed E-state index contributed by atoms with van der Waals surface area (Å²) in [7, 11) is 2.56. The highest BCUT2D eigenvalue weighted by atomic mass is 16.5. The molecule has 0 bridgehead atoms. The Hall–Kier alpha value is -0.240. The number of aliphatic hydroxyl groups is 4. The van der Waals surface area contributed by atoms with E-state index in [-0.39, 0.29) is 0 Å². The van der Waals surface area contributed by atoms with Crippen molar-refractivity contribution in [1.29, 1.82) is 0 Å². The molecular weight excluding hydrogens is 192 g/mol. The number of hydrogen-bond donors (Lipinski definition) is 4. The van der Waals surface area contributed by atoms with Gasteiger partial charge in [0.25, 0.3) is 0 Å². The summed E-state index contributed by atoms with van der Waals surface area (Å²) < 4.78 is 9.55. The second-order valence-electron chi connectivity index (χ2n) is 3.36. The lowest BCUT2D eigenvalue weighted by atomic mass is 9.85. The van der Waals surface area contributed by atoms with E-state index in [1.807, 2.05) is 0 Å². The van der Waals surface area contributed by atoms with Crippen molar-refractivity contribution in [2.45, 2.75) is 36.6 Å². The van der Waals surface area contributed by atoms with Crippen molar-refractivity contribution < 1.29 is 29.9 Å². The van der Waals surface area contributed by atoms with Crippen molar-refractivity contribution in [1.82, 2.24) is 0 Å². The summed E-state index contributed by atoms with van der Waals surface area (Å²) in [6, 6.07) is 0. The van der Waals surface area contributed by atoms with Gasteiger partial charge in [-0.05, 0) is 0 Å². The number of methoxy groups -OCH3 is 2. The van der Waals surface area contributed by atoms with E-state index in [1.165, 1.54) is 14.2 Å². The Balaban J connectivity index is 2.81. The summed E-state index contributed by atoms with van der Waals surface area (Å²) in [5.74, 6) is 0. The minimum atomic E-state index is -1.27. The van der Waals surface area contributed by atoms with Gasteiger partial charge in [0.1, 0.15) is 36.6 Å². The van der Waals surface area contributed by atoms with Crippen molar-refractivity contribution in [3.8, 4) is 0 Å². The van der Waals surface area contributed by atoms with E-state index in [1.54, 1.807) is 0 Å². The number of hydrogen-bond acceptors (Lipinski definition) is 6. The van der Waals surface area contributed by atoms with Crippen LogP contribution in [-0.4, -0.2) is 71.3 Å². The highest BCUT2D eigenvalue weighted by Crippen LogP contribution is 2.24. The van der Waals surface area contributed by atoms with Gasteiger partial charge in [-0.25, -0.2) is 0 Å². The first-order chi connectivity index (χ1) is 6.54. The Kier molecular flexibility index (Phi) is 3.82. The van der Waals surface area contributed by atoms with Crippen LogP contribution in [0.1, 0.15) is 0 Å². The molecule has 0 aromatic carbocycles. The van der Waals surface area contributed by atoms with Gasteiger partial charge in [-0.2, -0.15) is 0 Å². The van der Waals surface area contributed by atoms with Gasteiger partial charge in [0.2, 0.25) is 0 Å². The second-order valence-corrected chi connectivity index (χ2v) is 3.36. The molecule has 14 heavy (non-hydrogen) atoms. The summed E-state index contributed by atoms with van der Waals surface area (Å²) >= 11 is 0. The van der Waals surface area contributed by atoms with Crippen LogP contribution in [0.3, 0.4) is 0 Å². The molecule has 0 heterocycles. The number of rotatable bonds is 2. The van der Waals surface area contributed by atoms with Gasteiger partial charge in [0.15, 0.2) is 0 Å².